The average molecular weight is 141 g/mol. The lowest BCUT2D eigenvalue weighted by atomic mass is 10.2. The van der Waals surface area contributed by atoms with Crippen molar-refractivity contribution >= 4 is 0 Å². The Morgan fingerprint density at radius 1 is 1.20 bits per heavy atom. The van der Waals surface area contributed by atoms with Crippen molar-refractivity contribution in [2.24, 2.45) is 0 Å². The molecule has 0 aliphatic carbocycles. The Labute approximate surface area is 64.5 Å². The van der Waals surface area contributed by atoms with Crippen molar-refractivity contribution < 1.29 is 0 Å². The van der Waals surface area contributed by atoms with Gasteiger partial charge in [0, 0.05) is 6.54 Å². The third-order valence-corrected chi connectivity index (χ3v) is 1.46. The van der Waals surface area contributed by atoms with Gasteiger partial charge in [0.1, 0.15) is 0 Å². The monoisotopic (exact) mass is 141 g/mol. The van der Waals surface area contributed by atoms with Crippen LogP contribution in [0.3, 0.4) is 0 Å². The minimum absolute atomic E-state index is 1.01. The van der Waals surface area contributed by atoms with Crippen molar-refractivity contribution in [1.29, 1.82) is 0 Å². The van der Waals surface area contributed by atoms with Crippen LogP contribution in [0.5, 0.6) is 0 Å². The Morgan fingerprint density at radius 3 is 2.60 bits per heavy atom. The second-order valence-electron chi connectivity index (χ2n) is 2.52. The van der Waals surface area contributed by atoms with Crippen molar-refractivity contribution in [2.75, 3.05) is 13.6 Å². The first-order valence-electron chi connectivity index (χ1n) is 4.21. The maximum atomic E-state index is 3.07. The molecule has 0 amide bonds. The zero-order chi connectivity index (χ0) is 7.66. The van der Waals surface area contributed by atoms with E-state index in [0.29, 0.717) is 0 Å². The van der Waals surface area contributed by atoms with E-state index < -0.39 is 0 Å². The normalized spacial score (nSPS) is 11.0. The summed E-state index contributed by atoms with van der Waals surface area (Å²) in [6.07, 6.45) is 9.72. The molecule has 0 spiro atoms. The van der Waals surface area contributed by atoms with Gasteiger partial charge in [-0.2, -0.15) is 0 Å². The molecular weight excluding hydrogens is 122 g/mol. The highest BCUT2D eigenvalue weighted by molar-refractivity contribution is 4.82. The molecule has 0 aromatic heterocycles. The van der Waals surface area contributed by atoms with Crippen LogP contribution in [0.1, 0.15) is 32.6 Å². The highest BCUT2D eigenvalue weighted by Gasteiger charge is 1.80. The van der Waals surface area contributed by atoms with Crippen LogP contribution in [-0.4, -0.2) is 13.6 Å². The molecule has 0 radical (unpaired) electrons. The highest BCUT2D eigenvalue weighted by atomic mass is 14.8. The van der Waals surface area contributed by atoms with E-state index in [0.717, 1.165) is 6.54 Å². The predicted octanol–water partition coefficient (Wildman–Crippen LogP) is 2.34. The van der Waals surface area contributed by atoms with Crippen molar-refractivity contribution in [3.05, 3.63) is 12.2 Å². The van der Waals surface area contributed by atoms with Gasteiger partial charge in [-0.05, 0) is 19.9 Å². The number of hydrogen-bond acceptors (Lipinski definition) is 1. The summed E-state index contributed by atoms with van der Waals surface area (Å²) in [6, 6.07) is 0. The molecule has 0 saturated heterocycles. The molecule has 0 atom stereocenters. The quantitative estimate of drug-likeness (QED) is 0.442. The minimum Gasteiger partial charge on any atom is -0.316 e. The lowest BCUT2D eigenvalue weighted by Crippen LogP contribution is -2.03. The van der Waals surface area contributed by atoms with Gasteiger partial charge in [-0.25, -0.2) is 0 Å². The van der Waals surface area contributed by atoms with Gasteiger partial charge < -0.3 is 5.32 Å². The third kappa shape index (κ3) is 7.70. The standard InChI is InChI=1S/C9H19N/c1-3-4-5-6-7-8-9-10-2/h7-8,10H,3-6,9H2,1-2H3/b8-7+. The van der Waals surface area contributed by atoms with E-state index in [1.54, 1.807) is 0 Å². The van der Waals surface area contributed by atoms with Gasteiger partial charge in [0.15, 0.2) is 0 Å². The molecule has 0 saturated carbocycles. The van der Waals surface area contributed by atoms with Crippen molar-refractivity contribution in [1.82, 2.24) is 5.32 Å². The molecule has 0 aliphatic heterocycles. The zero-order valence-corrected chi connectivity index (χ0v) is 7.19. The van der Waals surface area contributed by atoms with Crippen molar-refractivity contribution in [2.45, 2.75) is 32.6 Å². The van der Waals surface area contributed by atoms with Crippen molar-refractivity contribution in [3.63, 3.8) is 0 Å². The van der Waals surface area contributed by atoms with Gasteiger partial charge in [-0.1, -0.05) is 31.9 Å². The van der Waals surface area contributed by atoms with E-state index in [4.69, 9.17) is 0 Å². The molecule has 0 bridgehead atoms. The van der Waals surface area contributed by atoms with Crippen LogP contribution < -0.4 is 5.32 Å². The summed E-state index contributed by atoms with van der Waals surface area (Å²) in [6.45, 7) is 3.24. The summed E-state index contributed by atoms with van der Waals surface area (Å²) in [5, 5.41) is 3.07. The fourth-order valence-corrected chi connectivity index (χ4v) is 0.831. The van der Waals surface area contributed by atoms with Crippen LogP contribution in [0.4, 0.5) is 0 Å². The SMILES string of the molecule is CCCCC/C=C/CNC. The van der Waals surface area contributed by atoms with E-state index in [1.165, 1.54) is 25.7 Å². The molecular formula is C9H19N. The third-order valence-electron chi connectivity index (χ3n) is 1.46. The maximum Gasteiger partial charge on any atom is 0.0131 e. The van der Waals surface area contributed by atoms with Gasteiger partial charge in [0.25, 0.3) is 0 Å². The number of hydrogen-bond donors (Lipinski definition) is 1. The van der Waals surface area contributed by atoms with E-state index >= 15 is 0 Å². The van der Waals surface area contributed by atoms with E-state index in [9.17, 15) is 0 Å². The molecule has 10 heavy (non-hydrogen) atoms. The molecule has 1 nitrogen and oxygen atoms in total. The minimum atomic E-state index is 1.01. The molecule has 0 aromatic rings. The summed E-state index contributed by atoms with van der Waals surface area (Å²) < 4.78 is 0. The molecule has 0 aromatic carbocycles. The zero-order valence-electron chi connectivity index (χ0n) is 7.19. The molecule has 0 aliphatic rings. The highest BCUT2D eigenvalue weighted by Crippen LogP contribution is 1.98. The Morgan fingerprint density at radius 2 is 2.00 bits per heavy atom. The summed E-state index contributed by atoms with van der Waals surface area (Å²) in [5.74, 6) is 0. The topological polar surface area (TPSA) is 12.0 Å². The first-order valence-corrected chi connectivity index (χ1v) is 4.21. The lowest BCUT2D eigenvalue weighted by molar-refractivity contribution is 0.727. The fourth-order valence-electron chi connectivity index (χ4n) is 0.831. The fraction of sp³-hybridized carbons (Fsp3) is 0.778. The first kappa shape index (κ1) is 9.70. The lowest BCUT2D eigenvalue weighted by Gasteiger charge is -1.91. The molecule has 1 heteroatoms. The van der Waals surface area contributed by atoms with Crippen LogP contribution >= 0.6 is 0 Å². The molecule has 0 heterocycles. The van der Waals surface area contributed by atoms with Gasteiger partial charge in [-0.3, -0.25) is 0 Å². The average Bonchev–Trinajstić information content (AvgIpc) is 1.97. The summed E-state index contributed by atoms with van der Waals surface area (Å²) >= 11 is 0. The van der Waals surface area contributed by atoms with Crippen LogP contribution in [0.2, 0.25) is 0 Å². The maximum absolute atomic E-state index is 3.07. The van der Waals surface area contributed by atoms with Gasteiger partial charge in [0.2, 0.25) is 0 Å². The number of rotatable bonds is 6. The van der Waals surface area contributed by atoms with E-state index in [2.05, 4.69) is 24.4 Å². The summed E-state index contributed by atoms with van der Waals surface area (Å²) in [4.78, 5) is 0. The Balaban J connectivity index is 2.88. The second-order valence-corrected chi connectivity index (χ2v) is 2.52. The molecule has 60 valence electrons. The molecule has 0 unspecified atom stereocenters. The molecule has 0 rings (SSSR count). The van der Waals surface area contributed by atoms with E-state index in [1.807, 2.05) is 7.05 Å². The predicted molar refractivity (Wildman–Crippen MR) is 47.2 cm³/mol. The molecule has 0 fully saturated rings. The Bertz CT molecular complexity index is 76.8. The Hall–Kier alpha value is -0.300. The summed E-state index contributed by atoms with van der Waals surface area (Å²) in [5.41, 5.74) is 0. The van der Waals surface area contributed by atoms with Gasteiger partial charge in [-0.15, -0.1) is 0 Å². The molecule has 1 N–H and O–H groups in total. The number of likely N-dealkylation sites (N-methyl/N-ethyl adjacent to an activating group) is 1. The summed E-state index contributed by atoms with van der Waals surface area (Å²) in [7, 11) is 1.97. The first-order chi connectivity index (χ1) is 4.91. The number of nitrogens with one attached hydrogen (secondary N) is 1. The van der Waals surface area contributed by atoms with Crippen LogP contribution in [0.25, 0.3) is 0 Å². The van der Waals surface area contributed by atoms with Crippen molar-refractivity contribution in [3.8, 4) is 0 Å². The van der Waals surface area contributed by atoms with Gasteiger partial charge in [0.05, 0.1) is 0 Å². The smallest absolute Gasteiger partial charge is 0.0131 e. The largest absolute Gasteiger partial charge is 0.316 e. The van der Waals surface area contributed by atoms with E-state index in [-0.39, 0.29) is 0 Å². The Kier molecular flexibility index (Phi) is 8.44. The number of unbranched alkanes of at least 4 members (excludes halogenated alkanes) is 3. The van der Waals surface area contributed by atoms with Crippen LogP contribution in [0.15, 0.2) is 12.2 Å². The van der Waals surface area contributed by atoms with Gasteiger partial charge >= 0.3 is 0 Å². The van der Waals surface area contributed by atoms with Crippen LogP contribution in [0, 0.1) is 0 Å². The van der Waals surface area contributed by atoms with Crippen LogP contribution in [-0.2, 0) is 0 Å². The second kappa shape index (κ2) is 8.70. The number of allylic oxidation sites excluding steroid dienone is 1.